The van der Waals surface area contributed by atoms with Crippen LogP contribution < -0.4 is 26.6 Å². The minimum absolute atomic E-state index is 0.265. The number of hydrogen-bond donors (Lipinski definition) is 7. The molecule has 0 heterocycles. The molecular weight excluding hydrogens is 478 g/mol. The number of nitrogens with one attached hydrogen (secondary N) is 5. The van der Waals surface area contributed by atoms with Crippen molar-refractivity contribution in [1.29, 1.82) is 0 Å². The number of carbonyl (C=O) groups excluding carboxylic acids is 6. The smallest absolute Gasteiger partial charge is 0.305 e. The van der Waals surface area contributed by atoms with Gasteiger partial charge in [0.1, 0.15) is 18.1 Å². The van der Waals surface area contributed by atoms with E-state index in [2.05, 4.69) is 26.6 Å². The number of carbonyl (C=O) groups is 7. The van der Waals surface area contributed by atoms with E-state index in [-0.39, 0.29) is 18.9 Å². The van der Waals surface area contributed by atoms with Gasteiger partial charge < -0.3 is 36.8 Å². The van der Waals surface area contributed by atoms with Crippen LogP contribution >= 0.6 is 0 Å². The Morgan fingerprint density at radius 1 is 0.750 bits per heavy atom. The lowest BCUT2D eigenvalue weighted by Gasteiger charge is -2.28. The normalized spacial score (nSPS) is 15.6. The minimum Gasteiger partial charge on any atom is -0.481 e. The van der Waals surface area contributed by atoms with Crippen molar-refractivity contribution in [3.05, 3.63) is 0 Å². The Labute approximate surface area is 209 Å². The molecule has 0 fully saturated rings. The third-order valence-electron chi connectivity index (χ3n) is 5.27. The van der Waals surface area contributed by atoms with Crippen molar-refractivity contribution in [2.24, 2.45) is 5.92 Å². The summed E-state index contributed by atoms with van der Waals surface area (Å²) in [5.74, 6) is -6.37. The first-order chi connectivity index (χ1) is 16.6. The standard InChI is InChI=1S/C22H37N5O9/c1-7-10(2)16(26-14(6)29)20(34)27-17(13(5)28)21(35)25-12(4)19(33)24-11(3)18(32)22(36)23-9-8-15(30)31/h10-13,16-17,28H,7-9H2,1-6H3,(H,23,36)(H,24,33)(H,25,35)(H,26,29)(H,27,34)(H,30,31)/t10-,11?,12-,13+,16-,17-/m0/s1. The molecule has 6 atom stereocenters. The monoisotopic (exact) mass is 515 g/mol. The van der Waals surface area contributed by atoms with Crippen LogP contribution in [0, 0.1) is 5.92 Å². The highest BCUT2D eigenvalue weighted by Gasteiger charge is 2.33. The highest BCUT2D eigenvalue weighted by molar-refractivity contribution is 6.38. The summed E-state index contributed by atoms with van der Waals surface area (Å²) < 4.78 is 0. The summed E-state index contributed by atoms with van der Waals surface area (Å²) in [6, 6.07) is -4.90. The van der Waals surface area contributed by atoms with Crippen molar-refractivity contribution in [2.45, 2.75) is 84.7 Å². The van der Waals surface area contributed by atoms with Crippen molar-refractivity contribution in [2.75, 3.05) is 6.54 Å². The van der Waals surface area contributed by atoms with Crippen LogP contribution in [0.15, 0.2) is 0 Å². The molecule has 0 saturated carbocycles. The summed E-state index contributed by atoms with van der Waals surface area (Å²) >= 11 is 0. The number of amides is 5. The largest absolute Gasteiger partial charge is 0.481 e. The molecule has 0 aromatic heterocycles. The van der Waals surface area contributed by atoms with E-state index in [9.17, 15) is 38.7 Å². The lowest BCUT2D eigenvalue weighted by Crippen LogP contribution is -2.60. The molecule has 0 aromatic carbocycles. The first kappa shape index (κ1) is 32.5. The molecule has 0 saturated heterocycles. The van der Waals surface area contributed by atoms with Crippen LogP contribution in [0.3, 0.4) is 0 Å². The zero-order chi connectivity index (χ0) is 28.2. The second-order valence-electron chi connectivity index (χ2n) is 8.52. The molecule has 14 nitrogen and oxygen atoms in total. The van der Waals surface area contributed by atoms with E-state index in [1.165, 1.54) is 27.7 Å². The third kappa shape index (κ3) is 11.3. The number of ketones is 1. The van der Waals surface area contributed by atoms with Gasteiger partial charge in [0.15, 0.2) is 0 Å². The molecule has 0 spiro atoms. The molecular formula is C22H37N5O9. The SMILES string of the molecule is CC[C@H](C)[C@H](NC(C)=O)C(=O)N[C@H](C(=O)N[C@@H](C)C(=O)NC(C)C(=O)C(=O)NCCC(=O)O)[C@@H](C)O. The van der Waals surface area contributed by atoms with Crippen molar-refractivity contribution < 1.29 is 43.8 Å². The molecule has 204 valence electrons. The second kappa shape index (κ2) is 15.4. The van der Waals surface area contributed by atoms with Gasteiger partial charge in [-0.15, -0.1) is 0 Å². The van der Waals surface area contributed by atoms with Crippen LogP contribution in [0.5, 0.6) is 0 Å². The highest BCUT2D eigenvalue weighted by Crippen LogP contribution is 2.09. The molecule has 0 aliphatic rings. The summed E-state index contributed by atoms with van der Waals surface area (Å²) in [5, 5.41) is 30.2. The van der Waals surface area contributed by atoms with Gasteiger partial charge in [-0.3, -0.25) is 33.6 Å². The molecule has 0 aromatic rings. The molecule has 0 bridgehead atoms. The first-order valence-corrected chi connectivity index (χ1v) is 11.5. The van der Waals surface area contributed by atoms with Gasteiger partial charge in [-0.25, -0.2) is 0 Å². The topological polar surface area (TPSA) is 220 Å². The lowest BCUT2D eigenvalue weighted by atomic mass is 9.97. The quantitative estimate of drug-likeness (QED) is 0.115. The number of aliphatic hydroxyl groups excluding tert-OH is 1. The fourth-order valence-corrected chi connectivity index (χ4v) is 2.91. The molecule has 14 heteroatoms. The van der Waals surface area contributed by atoms with Crippen molar-refractivity contribution >= 4 is 41.3 Å². The van der Waals surface area contributed by atoms with Gasteiger partial charge in [-0.05, 0) is 26.7 Å². The van der Waals surface area contributed by atoms with E-state index in [0.29, 0.717) is 6.42 Å². The fourth-order valence-electron chi connectivity index (χ4n) is 2.91. The van der Waals surface area contributed by atoms with Crippen LogP contribution in [-0.2, 0) is 33.6 Å². The predicted octanol–water partition coefficient (Wildman–Crippen LogP) is -2.43. The molecule has 7 N–H and O–H groups in total. The number of aliphatic hydroxyl groups is 1. The van der Waals surface area contributed by atoms with Gasteiger partial charge in [-0.2, -0.15) is 0 Å². The number of carboxylic acids is 1. The number of aliphatic carboxylic acids is 1. The zero-order valence-corrected chi connectivity index (χ0v) is 21.3. The molecule has 0 rings (SSSR count). The van der Waals surface area contributed by atoms with Crippen LogP contribution in [0.4, 0.5) is 0 Å². The molecule has 0 radical (unpaired) electrons. The molecule has 36 heavy (non-hydrogen) atoms. The maximum Gasteiger partial charge on any atom is 0.305 e. The van der Waals surface area contributed by atoms with E-state index in [0.717, 1.165) is 0 Å². The Bertz CT molecular complexity index is 846. The Morgan fingerprint density at radius 3 is 1.75 bits per heavy atom. The number of rotatable bonds is 15. The Kier molecular flexibility index (Phi) is 13.9. The number of carboxylic acid groups (broad SMARTS) is 1. The zero-order valence-electron chi connectivity index (χ0n) is 21.3. The summed E-state index contributed by atoms with van der Waals surface area (Å²) in [5.41, 5.74) is 0. The van der Waals surface area contributed by atoms with E-state index >= 15 is 0 Å². The van der Waals surface area contributed by atoms with E-state index < -0.39 is 71.6 Å². The fraction of sp³-hybridized carbons (Fsp3) is 0.682. The van der Waals surface area contributed by atoms with Gasteiger partial charge in [0.05, 0.1) is 18.6 Å². The molecule has 1 unspecified atom stereocenters. The third-order valence-corrected chi connectivity index (χ3v) is 5.27. The van der Waals surface area contributed by atoms with Crippen molar-refractivity contribution in [3.8, 4) is 0 Å². The van der Waals surface area contributed by atoms with Gasteiger partial charge in [0.25, 0.3) is 5.91 Å². The van der Waals surface area contributed by atoms with E-state index in [1.54, 1.807) is 6.92 Å². The Balaban J connectivity index is 5.12. The predicted molar refractivity (Wildman–Crippen MR) is 126 cm³/mol. The van der Waals surface area contributed by atoms with Gasteiger partial charge in [-0.1, -0.05) is 20.3 Å². The molecule has 0 aliphatic carbocycles. The second-order valence-corrected chi connectivity index (χ2v) is 8.52. The van der Waals surface area contributed by atoms with Crippen LogP contribution in [-0.4, -0.2) is 88.3 Å². The number of Topliss-reactive ketones (excluding diaryl/α,β-unsaturated/α-hetero) is 1. The van der Waals surface area contributed by atoms with Gasteiger partial charge >= 0.3 is 5.97 Å². The molecule has 0 aliphatic heterocycles. The number of hydrogen-bond acceptors (Lipinski definition) is 8. The summed E-state index contributed by atoms with van der Waals surface area (Å²) in [7, 11) is 0. The van der Waals surface area contributed by atoms with Crippen molar-refractivity contribution in [1.82, 2.24) is 26.6 Å². The highest BCUT2D eigenvalue weighted by atomic mass is 16.4. The van der Waals surface area contributed by atoms with Crippen LogP contribution in [0.2, 0.25) is 0 Å². The lowest BCUT2D eigenvalue weighted by molar-refractivity contribution is -0.141. The van der Waals surface area contributed by atoms with Crippen LogP contribution in [0.25, 0.3) is 0 Å². The summed E-state index contributed by atoms with van der Waals surface area (Å²) in [6.07, 6.45) is -1.18. The van der Waals surface area contributed by atoms with Crippen molar-refractivity contribution in [3.63, 3.8) is 0 Å². The van der Waals surface area contributed by atoms with Gasteiger partial charge in [0.2, 0.25) is 29.4 Å². The Hall–Kier alpha value is -3.55. The Morgan fingerprint density at radius 2 is 1.28 bits per heavy atom. The van der Waals surface area contributed by atoms with Gasteiger partial charge in [0, 0.05) is 13.5 Å². The average molecular weight is 516 g/mol. The maximum atomic E-state index is 12.7. The van der Waals surface area contributed by atoms with E-state index in [4.69, 9.17) is 5.11 Å². The van der Waals surface area contributed by atoms with E-state index in [1.807, 2.05) is 6.92 Å². The van der Waals surface area contributed by atoms with Crippen LogP contribution in [0.1, 0.15) is 54.4 Å². The molecule has 5 amide bonds. The maximum absolute atomic E-state index is 12.7. The average Bonchev–Trinajstić information content (AvgIpc) is 2.78. The summed E-state index contributed by atoms with van der Waals surface area (Å²) in [4.78, 5) is 83.6. The minimum atomic E-state index is -1.45. The summed E-state index contributed by atoms with van der Waals surface area (Å²) in [6.45, 7) is 8.32. The first-order valence-electron chi connectivity index (χ1n) is 11.5.